The number of benzene rings is 2. The second kappa shape index (κ2) is 6.39. The van der Waals surface area contributed by atoms with Crippen molar-refractivity contribution < 1.29 is 8.80 Å². The maximum absolute atomic E-state index is 12.3. The second-order valence-corrected chi connectivity index (χ2v) is 6.98. The first-order valence-corrected chi connectivity index (χ1v) is 8.50. The predicted octanol–water partition coefficient (Wildman–Crippen LogP) is 5.19. The summed E-state index contributed by atoms with van der Waals surface area (Å²) < 4.78 is 0.0218. The van der Waals surface area contributed by atoms with E-state index in [1.54, 1.807) is 6.92 Å². The molecule has 0 aliphatic heterocycles. The van der Waals surface area contributed by atoms with Crippen molar-refractivity contribution in [3.05, 3.63) is 48.0 Å². The fourth-order valence-corrected chi connectivity index (χ4v) is 3.99. The summed E-state index contributed by atoms with van der Waals surface area (Å²) in [6, 6.07) is 14.8. The van der Waals surface area contributed by atoms with E-state index in [9.17, 15) is 4.79 Å². The van der Waals surface area contributed by atoms with Crippen LogP contribution in [0.2, 0.25) is 0 Å². The topological polar surface area (TPSA) is 17.1 Å². The lowest BCUT2D eigenvalue weighted by molar-refractivity contribution is -0.781. The number of halogens is 1. The summed E-state index contributed by atoms with van der Waals surface area (Å²) in [6.45, 7) is 2.20. The summed E-state index contributed by atoms with van der Waals surface area (Å²) in [6.07, 6.45) is 5.72. The fraction of sp³-hybridized carbons (Fsp3) is 0.421. The summed E-state index contributed by atoms with van der Waals surface area (Å²) in [5.74, 6) is 0.0569. The molecule has 2 aromatic rings. The minimum Gasteiger partial charge on any atom is -0.229 e. The normalized spacial score (nSPS) is 19.0. The molecular weight excluding hydrogens is 294 g/mol. The Balaban J connectivity index is 1.97. The van der Waals surface area contributed by atoms with Gasteiger partial charge in [0.25, 0.3) is 0 Å². The van der Waals surface area contributed by atoms with Gasteiger partial charge in [-0.3, -0.25) is 0 Å². The SMILES string of the molecule is CC(=O)[N@@+](Cl)(Cc1cccc2ccccc12)C1CCCCC1. The first-order chi connectivity index (χ1) is 10.6. The Morgan fingerprint density at radius 1 is 1.09 bits per heavy atom. The molecule has 3 heteroatoms. The van der Waals surface area contributed by atoms with Crippen molar-refractivity contribution >= 4 is 28.5 Å². The van der Waals surface area contributed by atoms with Crippen LogP contribution in [-0.2, 0) is 11.3 Å². The zero-order valence-corrected chi connectivity index (χ0v) is 13.9. The lowest BCUT2D eigenvalue weighted by Crippen LogP contribution is -2.51. The van der Waals surface area contributed by atoms with E-state index in [-0.39, 0.29) is 16.0 Å². The van der Waals surface area contributed by atoms with Crippen LogP contribution in [0.25, 0.3) is 10.8 Å². The van der Waals surface area contributed by atoms with Gasteiger partial charge in [0.05, 0.1) is 6.92 Å². The van der Waals surface area contributed by atoms with Crippen molar-refractivity contribution in [2.45, 2.75) is 51.6 Å². The van der Waals surface area contributed by atoms with E-state index in [0.717, 1.165) is 18.4 Å². The van der Waals surface area contributed by atoms with Crippen molar-refractivity contribution in [2.75, 3.05) is 0 Å². The van der Waals surface area contributed by atoms with Gasteiger partial charge in [0, 0.05) is 18.4 Å². The van der Waals surface area contributed by atoms with Crippen molar-refractivity contribution in [3.8, 4) is 0 Å². The van der Waals surface area contributed by atoms with E-state index >= 15 is 0 Å². The van der Waals surface area contributed by atoms with E-state index in [1.165, 1.54) is 30.0 Å². The van der Waals surface area contributed by atoms with Crippen LogP contribution in [-0.4, -0.2) is 16.0 Å². The highest BCUT2D eigenvalue weighted by atomic mass is 35.5. The highest BCUT2D eigenvalue weighted by Crippen LogP contribution is 2.35. The molecule has 3 rings (SSSR count). The van der Waals surface area contributed by atoms with Crippen LogP contribution in [0.1, 0.15) is 44.6 Å². The van der Waals surface area contributed by atoms with Crippen LogP contribution >= 0.6 is 11.8 Å². The lowest BCUT2D eigenvalue weighted by atomic mass is 9.93. The van der Waals surface area contributed by atoms with Crippen LogP contribution in [0.4, 0.5) is 0 Å². The van der Waals surface area contributed by atoms with Gasteiger partial charge in [-0.1, -0.05) is 48.9 Å². The standard InChI is InChI=1S/C19H23ClNO/c1-15(22)21(20,18-11-3-2-4-12-18)14-17-10-7-9-16-8-5-6-13-19(16)17/h5-10,13,18H,2-4,11-12,14H2,1H3/q+1/t21-/m0/s1. The highest BCUT2D eigenvalue weighted by molar-refractivity contribution is 6.12. The number of fused-ring (bicyclic) bond motifs is 1. The smallest absolute Gasteiger partial charge is 0.229 e. The summed E-state index contributed by atoms with van der Waals surface area (Å²) in [7, 11) is 0. The molecule has 0 saturated heterocycles. The van der Waals surface area contributed by atoms with E-state index in [2.05, 4.69) is 30.3 Å². The van der Waals surface area contributed by atoms with E-state index < -0.39 is 0 Å². The number of hydrogen-bond donors (Lipinski definition) is 0. The summed E-state index contributed by atoms with van der Waals surface area (Å²) in [5.41, 5.74) is 1.16. The molecule has 0 N–H and O–H groups in total. The van der Waals surface area contributed by atoms with Crippen molar-refractivity contribution in [3.63, 3.8) is 0 Å². The van der Waals surface area contributed by atoms with Crippen LogP contribution in [0, 0.1) is 0 Å². The molecule has 0 radical (unpaired) electrons. The zero-order valence-electron chi connectivity index (χ0n) is 13.1. The third kappa shape index (κ3) is 2.90. The number of nitrogens with zero attached hydrogens (tertiary/aromatic N) is 1. The zero-order chi connectivity index (χ0) is 15.6. The minimum atomic E-state index is 0.0218. The summed E-state index contributed by atoms with van der Waals surface area (Å²) in [4.78, 5) is 12.3. The van der Waals surface area contributed by atoms with Crippen molar-refractivity contribution in [2.24, 2.45) is 0 Å². The average Bonchev–Trinajstić information content (AvgIpc) is 2.56. The molecule has 1 amide bonds. The predicted molar refractivity (Wildman–Crippen MR) is 91.3 cm³/mol. The number of rotatable bonds is 3. The molecule has 1 atom stereocenters. The average molecular weight is 317 g/mol. The number of quaternary nitrogens is 1. The van der Waals surface area contributed by atoms with E-state index in [0.29, 0.717) is 6.54 Å². The van der Waals surface area contributed by atoms with Crippen LogP contribution in [0.5, 0.6) is 0 Å². The first kappa shape index (κ1) is 15.5. The molecule has 0 spiro atoms. The minimum absolute atomic E-state index is 0.0218. The third-order valence-corrected chi connectivity index (χ3v) is 5.59. The Morgan fingerprint density at radius 3 is 2.50 bits per heavy atom. The Hall–Kier alpha value is -1.38. The van der Waals surface area contributed by atoms with Gasteiger partial charge in [-0.2, -0.15) is 4.00 Å². The van der Waals surface area contributed by atoms with Gasteiger partial charge < -0.3 is 0 Å². The molecule has 1 aliphatic rings. The van der Waals surface area contributed by atoms with E-state index in [4.69, 9.17) is 11.8 Å². The maximum Gasteiger partial charge on any atom is 0.328 e. The van der Waals surface area contributed by atoms with Crippen molar-refractivity contribution in [1.82, 2.24) is 0 Å². The van der Waals surface area contributed by atoms with Crippen molar-refractivity contribution in [1.29, 1.82) is 0 Å². The van der Waals surface area contributed by atoms with Gasteiger partial charge in [0.2, 0.25) is 0 Å². The molecular formula is C19H23ClNO+. The molecule has 0 heterocycles. The molecule has 116 valence electrons. The quantitative estimate of drug-likeness (QED) is 0.712. The number of amides is 1. The molecule has 1 saturated carbocycles. The van der Waals surface area contributed by atoms with Gasteiger partial charge in [0.15, 0.2) is 11.8 Å². The molecule has 2 aromatic carbocycles. The van der Waals surface area contributed by atoms with Crippen LogP contribution in [0.3, 0.4) is 0 Å². The molecule has 0 bridgehead atoms. The monoisotopic (exact) mass is 316 g/mol. The Bertz CT molecular complexity index is 673. The second-order valence-electron chi connectivity index (χ2n) is 6.38. The first-order valence-electron chi connectivity index (χ1n) is 8.16. The summed E-state index contributed by atoms with van der Waals surface area (Å²) in [5, 5.41) is 2.40. The summed E-state index contributed by atoms with van der Waals surface area (Å²) >= 11 is 6.88. The Labute approximate surface area is 137 Å². The van der Waals surface area contributed by atoms with Gasteiger partial charge in [-0.05, 0) is 23.6 Å². The fourth-order valence-electron chi connectivity index (χ4n) is 3.67. The number of hydrogen-bond acceptors (Lipinski definition) is 1. The van der Waals surface area contributed by atoms with Gasteiger partial charge in [0.1, 0.15) is 12.6 Å². The third-order valence-electron chi connectivity index (χ3n) is 4.96. The number of carbonyl (C=O) groups is 1. The van der Waals surface area contributed by atoms with Gasteiger partial charge in [-0.25, -0.2) is 4.79 Å². The molecule has 0 unspecified atom stereocenters. The van der Waals surface area contributed by atoms with Crippen LogP contribution < -0.4 is 0 Å². The van der Waals surface area contributed by atoms with Crippen LogP contribution in [0.15, 0.2) is 42.5 Å². The molecule has 1 fully saturated rings. The maximum atomic E-state index is 12.3. The molecule has 0 aromatic heterocycles. The van der Waals surface area contributed by atoms with Gasteiger partial charge >= 0.3 is 5.91 Å². The number of carbonyl (C=O) groups excluding carboxylic acids is 1. The lowest BCUT2D eigenvalue weighted by Gasteiger charge is -2.36. The molecule has 2 nitrogen and oxygen atoms in total. The molecule has 1 aliphatic carbocycles. The largest absolute Gasteiger partial charge is 0.328 e. The highest BCUT2D eigenvalue weighted by Gasteiger charge is 2.42. The van der Waals surface area contributed by atoms with E-state index in [1.807, 2.05) is 12.1 Å². The molecule has 22 heavy (non-hydrogen) atoms. The van der Waals surface area contributed by atoms with Gasteiger partial charge in [-0.15, -0.1) is 0 Å². The Kier molecular flexibility index (Phi) is 4.51. The Morgan fingerprint density at radius 2 is 1.77 bits per heavy atom.